The molecule has 3 aromatic rings. The van der Waals surface area contributed by atoms with Crippen molar-refractivity contribution in [1.29, 1.82) is 0 Å². The minimum Gasteiger partial charge on any atom is -0.478 e. The molecule has 2 atom stereocenters. The highest BCUT2D eigenvalue weighted by Gasteiger charge is 2.51. The van der Waals surface area contributed by atoms with Crippen LogP contribution < -0.4 is 9.64 Å². The molecule has 4 rings (SSSR count). The first-order chi connectivity index (χ1) is 13.5. The van der Waals surface area contributed by atoms with Gasteiger partial charge in [-0.3, -0.25) is 9.69 Å². The zero-order valence-electron chi connectivity index (χ0n) is 16.1. The molecular weight excluding hydrogens is 370 g/mol. The molecule has 1 amide bonds. The Labute approximate surface area is 170 Å². The molecule has 0 N–H and O–H groups in total. The first-order valence-corrected chi connectivity index (χ1v) is 9.72. The lowest BCUT2D eigenvalue weighted by Crippen LogP contribution is -2.61. The number of anilines is 1. The lowest BCUT2D eigenvalue weighted by molar-refractivity contribution is -0.135. The lowest BCUT2D eigenvalue weighted by atomic mass is 9.89. The van der Waals surface area contributed by atoms with Crippen molar-refractivity contribution in [3.63, 3.8) is 0 Å². The summed E-state index contributed by atoms with van der Waals surface area (Å²) in [5, 5.41) is 0.632. The van der Waals surface area contributed by atoms with E-state index >= 15 is 0 Å². The van der Waals surface area contributed by atoms with Gasteiger partial charge in [0.15, 0.2) is 0 Å². The number of carbonyl (C=O) groups is 1. The number of benzene rings is 3. The Balaban J connectivity index is 1.75. The van der Waals surface area contributed by atoms with Gasteiger partial charge in [0.25, 0.3) is 5.91 Å². The summed E-state index contributed by atoms with van der Waals surface area (Å²) in [5.74, 6) is 0.661. The first-order valence-electron chi connectivity index (χ1n) is 9.34. The van der Waals surface area contributed by atoms with Crippen LogP contribution in [-0.2, 0) is 4.79 Å². The summed E-state index contributed by atoms with van der Waals surface area (Å²) in [6.07, 6.45) is -0.609. The highest BCUT2D eigenvalue weighted by atomic mass is 35.5. The molecule has 0 unspecified atom stereocenters. The fourth-order valence-electron chi connectivity index (χ4n) is 3.58. The van der Waals surface area contributed by atoms with Crippen LogP contribution in [-0.4, -0.2) is 12.0 Å². The molecule has 142 valence electrons. The predicted octanol–water partition coefficient (Wildman–Crippen LogP) is 5.80. The predicted molar refractivity (Wildman–Crippen MR) is 113 cm³/mol. The Bertz CT molecular complexity index is 1050. The standard InChI is InChI=1S/C24H22ClNO2/c1-15-12-13-18(14-17(15)3)26-22(19-9-5-6-10-20(19)25)23(24(26)27)28-21-11-7-4-8-16(21)2/h4-14,22-23H,1-3H3/t22-,23-/m0/s1. The summed E-state index contributed by atoms with van der Waals surface area (Å²) < 4.78 is 6.17. The number of para-hydroxylation sites is 1. The summed E-state index contributed by atoms with van der Waals surface area (Å²) in [7, 11) is 0. The van der Waals surface area contributed by atoms with Crippen molar-refractivity contribution < 1.29 is 9.53 Å². The monoisotopic (exact) mass is 391 g/mol. The van der Waals surface area contributed by atoms with E-state index in [9.17, 15) is 4.79 Å². The van der Waals surface area contributed by atoms with Gasteiger partial charge in [-0.1, -0.05) is 54.1 Å². The summed E-state index contributed by atoms with van der Waals surface area (Å²) >= 11 is 6.49. The second-order valence-corrected chi connectivity index (χ2v) is 7.65. The number of nitrogens with zero attached hydrogens (tertiary/aromatic N) is 1. The number of rotatable bonds is 4. The smallest absolute Gasteiger partial charge is 0.271 e. The number of amides is 1. The second-order valence-electron chi connectivity index (χ2n) is 7.25. The van der Waals surface area contributed by atoms with Gasteiger partial charge >= 0.3 is 0 Å². The molecule has 28 heavy (non-hydrogen) atoms. The molecule has 1 fully saturated rings. The molecule has 1 aliphatic heterocycles. The van der Waals surface area contributed by atoms with Crippen LogP contribution in [0.1, 0.15) is 28.3 Å². The van der Waals surface area contributed by atoms with Gasteiger partial charge in [-0.2, -0.15) is 0 Å². The minimum atomic E-state index is -0.609. The van der Waals surface area contributed by atoms with E-state index in [1.54, 1.807) is 4.90 Å². The van der Waals surface area contributed by atoms with E-state index in [1.807, 2.05) is 73.7 Å². The summed E-state index contributed by atoms with van der Waals surface area (Å²) in [6, 6.07) is 21.2. The average molecular weight is 392 g/mol. The fraction of sp³-hybridized carbons (Fsp3) is 0.208. The van der Waals surface area contributed by atoms with E-state index in [4.69, 9.17) is 16.3 Å². The highest BCUT2D eigenvalue weighted by Crippen LogP contribution is 2.44. The topological polar surface area (TPSA) is 29.5 Å². The van der Waals surface area contributed by atoms with Crippen LogP contribution in [0.5, 0.6) is 5.75 Å². The molecule has 0 saturated carbocycles. The van der Waals surface area contributed by atoms with Gasteiger partial charge in [-0.25, -0.2) is 0 Å². The number of hydrogen-bond acceptors (Lipinski definition) is 2. The van der Waals surface area contributed by atoms with Crippen molar-refractivity contribution in [3.05, 3.63) is 94.0 Å². The molecule has 1 heterocycles. The molecule has 0 bridgehead atoms. The number of β-lactam (4-membered cyclic amide) rings is 1. The Morgan fingerprint density at radius 1 is 0.857 bits per heavy atom. The maximum Gasteiger partial charge on any atom is 0.271 e. The maximum atomic E-state index is 13.1. The van der Waals surface area contributed by atoms with Crippen LogP contribution in [0.2, 0.25) is 5.02 Å². The molecule has 4 heteroatoms. The van der Waals surface area contributed by atoms with Crippen molar-refractivity contribution in [2.45, 2.75) is 32.9 Å². The van der Waals surface area contributed by atoms with Gasteiger partial charge in [0, 0.05) is 10.7 Å². The normalized spacial score (nSPS) is 18.7. The molecule has 1 saturated heterocycles. The van der Waals surface area contributed by atoms with Crippen molar-refractivity contribution in [1.82, 2.24) is 0 Å². The van der Waals surface area contributed by atoms with Crippen LogP contribution in [0, 0.1) is 20.8 Å². The van der Waals surface area contributed by atoms with Crippen LogP contribution in [0.15, 0.2) is 66.7 Å². The molecule has 3 nitrogen and oxygen atoms in total. The average Bonchev–Trinajstić information content (AvgIpc) is 2.68. The maximum absolute atomic E-state index is 13.1. The van der Waals surface area contributed by atoms with E-state index in [0.29, 0.717) is 5.02 Å². The van der Waals surface area contributed by atoms with Crippen molar-refractivity contribution in [3.8, 4) is 5.75 Å². The SMILES string of the molecule is Cc1ccc(N2C(=O)[C@@H](Oc3ccccc3C)[C@@H]2c2ccccc2Cl)cc1C. The Morgan fingerprint density at radius 3 is 2.29 bits per heavy atom. The number of hydrogen-bond donors (Lipinski definition) is 0. The van der Waals surface area contributed by atoms with E-state index < -0.39 is 6.10 Å². The Hall–Kier alpha value is -2.78. The number of carbonyl (C=O) groups excluding carboxylic acids is 1. The molecule has 0 radical (unpaired) electrons. The van der Waals surface area contributed by atoms with E-state index in [1.165, 1.54) is 5.56 Å². The van der Waals surface area contributed by atoms with E-state index in [0.717, 1.165) is 28.1 Å². The zero-order valence-corrected chi connectivity index (χ0v) is 16.9. The number of aryl methyl sites for hydroxylation is 3. The van der Waals surface area contributed by atoms with E-state index in [-0.39, 0.29) is 11.9 Å². The molecule has 3 aromatic carbocycles. The zero-order chi connectivity index (χ0) is 19.8. The van der Waals surface area contributed by atoms with E-state index in [2.05, 4.69) is 13.8 Å². The molecule has 0 aliphatic carbocycles. The van der Waals surface area contributed by atoms with Gasteiger partial charge < -0.3 is 4.74 Å². The van der Waals surface area contributed by atoms with Gasteiger partial charge in [0.2, 0.25) is 6.10 Å². The van der Waals surface area contributed by atoms with Gasteiger partial charge in [-0.05, 0) is 67.3 Å². The van der Waals surface area contributed by atoms with Gasteiger partial charge in [-0.15, -0.1) is 0 Å². The third-order valence-corrected chi connectivity index (χ3v) is 5.73. The Kier molecular flexibility index (Phi) is 4.86. The quantitative estimate of drug-likeness (QED) is 0.526. The van der Waals surface area contributed by atoms with Crippen molar-refractivity contribution in [2.24, 2.45) is 0 Å². The third-order valence-electron chi connectivity index (χ3n) is 5.39. The molecular formula is C24H22ClNO2. The second kappa shape index (κ2) is 7.33. The molecule has 1 aliphatic rings. The van der Waals surface area contributed by atoms with Crippen LogP contribution >= 0.6 is 11.6 Å². The summed E-state index contributed by atoms with van der Waals surface area (Å²) in [4.78, 5) is 14.9. The summed E-state index contributed by atoms with van der Waals surface area (Å²) in [5.41, 5.74) is 5.09. The first kappa shape index (κ1) is 18.6. The molecule has 0 aromatic heterocycles. The van der Waals surface area contributed by atoms with Crippen molar-refractivity contribution >= 4 is 23.2 Å². The minimum absolute atomic E-state index is 0.0589. The van der Waals surface area contributed by atoms with Crippen LogP contribution in [0.4, 0.5) is 5.69 Å². The van der Waals surface area contributed by atoms with Crippen molar-refractivity contribution in [2.75, 3.05) is 4.90 Å². The van der Waals surface area contributed by atoms with Gasteiger partial charge in [0.05, 0.1) is 0 Å². The lowest BCUT2D eigenvalue weighted by Gasteiger charge is -2.47. The summed E-state index contributed by atoms with van der Waals surface area (Å²) in [6.45, 7) is 6.09. The third kappa shape index (κ3) is 3.16. The van der Waals surface area contributed by atoms with Gasteiger partial charge in [0.1, 0.15) is 11.8 Å². The van der Waals surface area contributed by atoms with Crippen LogP contribution in [0.3, 0.4) is 0 Å². The fourth-order valence-corrected chi connectivity index (χ4v) is 3.83. The molecule has 0 spiro atoms. The number of ether oxygens (including phenoxy) is 1. The number of halogens is 1. The Morgan fingerprint density at radius 2 is 1.57 bits per heavy atom. The highest BCUT2D eigenvalue weighted by molar-refractivity contribution is 6.31. The largest absolute Gasteiger partial charge is 0.478 e. The van der Waals surface area contributed by atoms with Crippen LogP contribution in [0.25, 0.3) is 0 Å².